The van der Waals surface area contributed by atoms with E-state index < -0.39 is 39.8 Å². The van der Waals surface area contributed by atoms with E-state index in [9.17, 15) is 18.0 Å². The third-order valence-corrected chi connectivity index (χ3v) is 4.31. The Kier molecular flexibility index (Phi) is 5.73. The molecule has 8 nitrogen and oxygen atoms in total. The summed E-state index contributed by atoms with van der Waals surface area (Å²) in [7, 11) is -4.41. The molecule has 0 radical (unpaired) electrons. The van der Waals surface area contributed by atoms with Crippen LogP contribution in [0.2, 0.25) is 0 Å². The lowest BCUT2D eigenvalue weighted by atomic mass is 10.1. The molecule has 2 aromatic carbocycles. The first-order valence-corrected chi connectivity index (χ1v) is 9.08. The van der Waals surface area contributed by atoms with Crippen LogP contribution in [0.5, 0.6) is 0 Å². The third-order valence-electron chi connectivity index (χ3n) is 3.53. The van der Waals surface area contributed by atoms with Gasteiger partial charge in [-0.15, -0.1) is 0 Å². The van der Waals surface area contributed by atoms with Crippen LogP contribution in [0.25, 0.3) is 10.8 Å². The summed E-state index contributed by atoms with van der Waals surface area (Å²) in [5.41, 5.74) is 6.07. The number of amides is 2. The minimum Gasteiger partial charge on any atom is -0.373 e. The Morgan fingerprint density at radius 1 is 1.12 bits per heavy atom. The van der Waals surface area contributed by atoms with Crippen LogP contribution in [0.15, 0.2) is 42.5 Å². The molecule has 0 aliphatic carbocycles. The fourth-order valence-corrected chi connectivity index (χ4v) is 2.88. The zero-order valence-electron chi connectivity index (χ0n) is 13.5. The van der Waals surface area contributed by atoms with Crippen LogP contribution in [-0.4, -0.2) is 42.6 Å². The van der Waals surface area contributed by atoms with Gasteiger partial charge in [0.1, 0.15) is 12.1 Å². The molecule has 0 aromatic heterocycles. The number of imide groups is 1. The molecule has 134 valence electrons. The molecule has 2 aromatic rings. The standard InChI is InChI=1S/C16H19N3O5S/c1-10(15(20)19-16(21)13(17)9-25(22,23)24)18-14-8-4-6-11-5-2-3-7-12(11)14/h2-8,10,13,18H,9,17H2,1H3,(H,19,20,21)(H,22,23,24)/t10-,13-/m0/s1. The lowest BCUT2D eigenvalue weighted by molar-refractivity contribution is -0.131. The number of nitrogens with one attached hydrogen (secondary N) is 2. The number of fused-ring (bicyclic) bond motifs is 1. The molecule has 0 unspecified atom stereocenters. The molecule has 0 bridgehead atoms. The van der Waals surface area contributed by atoms with Crippen LogP contribution in [0.1, 0.15) is 6.92 Å². The number of anilines is 1. The first kappa shape index (κ1) is 18.8. The van der Waals surface area contributed by atoms with Crippen molar-refractivity contribution in [3.63, 3.8) is 0 Å². The van der Waals surface area contributed by atoms with Crippen LogP contribution in [0, 0.1) is 0 Å². The van der Waals surface area contributed by atoms with Crippen molar-refractivity contribution < 1.29 is 22.6 Å². The Bertz CT molecular complexity index is 892. The number of carbonyl (C=O) groups is 2. The normalized spacial score (nSPS) is 13.9. The monoisotopic (exact) mass is 365 g/mol. The van der Waals surface area contributed by atoms with Crippen LogP contribution in [0.4, 0.5) is 5.69 Å². The van der Waals surface area contributed by atoms with Crippen LogP contribution < -0.4 is 16.4 Å². The minimum atomic E-state index is -4.41. The highest BCUT2D eigenvalue weighted by molar-refractivity contribution is 7.85. The number of hydrogen-bond donors (Lipinski definition) is 4. The topological polar surface area (TPSA) is 139 Å². The maximum Gasteiger partial charge on any atom is 0.266 e. The van der Waals surface area contributed by atoms with Gasteiger partial charge in [0.2, 0.25) is 11.8 Å². The third kappa shape index (κ3) is 5.24. The van der Waals surface area contributed by atoms with Crippen LogP contribution >= 0.6 is 0 Å². The van der Waals surface area contributed by atoms with E-state index in [1.165, 1.54) is 0 Å². The molecule has 0 saturated carbocycles. The molecule has 25 heavy (non-hydrogen) atoms. The summed E-state index contributed by atoms with van der Waals surface area (Å²) in [5, 5.41) is 6.94. The summed E-state index contributed by atoms with van der Waals surface area (Å²) in [5.74, 6) is -2.60. The van der Waals surface area contributed by atoms with Crippen LogP contribution in [0.3, 0.4) is 0 Å². The highest BCUT2D eigenvalue weighted by Crippen LogP contribution is 2.23. The second-order valence-corrected chi connectivity index (χ2v) is 7.10. The zero-order chi connectivity index (χ0) is 18.6. The first-order chi connectivity index (χ1) is 11.7. The predicted molar refractivity (Wildman–Crippen MR) is 94.6 cm³/mol. The van der Waals surface area contributed by atoms with E-state index in [-0.39, 0.29) is 0 Å². The van der Waals surface area contributed by atoms with E-state index >= 15 is 0 Å². The number of hydrogen-bond acceptors (Lipinski definition) is 6. The average molecular weight is 365 g/mol. The Balaban J connectivity index is 2.04. The number of carbonyl (C=O) groups excluding carboxylic acids is 2. The predicted octanol–water partition coefficient (Wildman–Crippen LogP) is 0.498. The fraction of sp³-hybridized carbons (Fsp3) is 0.250. The molecular formula is C16H19N3O5S. The van der Waals surface area contributed by atoms with Gasteiger partial charge in [-0.1, -0.05) is 36.4 Å². The van der Waals surface area contributed by atoms with Gasteiger partial charge in [-0.3, -0.25) is 19.5 Å². The molecule has 2 rings (SSSR count). The van der Waals surface area contributed by atoms with Gasteiger partial charge >= 0.3 is 0 Å². The Hall–Kier alpha value is -2.49. The molecule has 5 N–H and O–H groups in total. The molecule has 2 atom stereocenters. The summed E-state index contributed by atoms with van der Waals surface area (Å²) in [4.78, 5) is 23.8. The summed E-state index contributed by atoms with van der Waals surface area (Å²) in [6.45, 7) is 1.55. The summed E-state index contributed by atoms with van der Waals surface area (Å²) >= 11 is 0. The minimum absolute atomic E-state index is 0.663. The highest BCUT2D eigenvalue weighted by atomic mass is 32.2. The SMILES string of the molecule is C[C@H](Nc1cccc2ccccc12)C(=O)NC(=O)[C@@H](N)CS(=O)(=O)O. The summed E-state index contributed by atoms with van der Waals surface area (Å²) < 4.78 is 30.2. The Labute approximate surface area is 145 Å². The van der Waals surface area contributed by atoms with Crippen molar-refractivity contribution in [3.8, 4) is 0 Å². The van der Waals surface area contributed by atoms with Gasteiger partial charge < -0.3 is 11.1 Å². The summed E-state index contributed by atoms with van der Waals surface area (Å²) in [6.07, 6.45) is 0. The average Bonchev–Trinajstić information content (AvgIpc) is 2.53. The van der Waals surface area contributed by atoms with Crippen molar-refractivity contribution in [2.75, 3.05) is 11.1 Å². The van der Waals surface area contributed by atoms with E-state index in [1.54, 1.807) is 13.0 Å². The number of nitrogens with two attached hydrogens (primary N) is 1. The van der Waals surface area contributed by atoms with Gasteiger partial charge in [-0.05, 0) is 18.4 Å². The first-order valence-electron chi connectivity index (χ1n) is 7.47. The Morgan fingerprint density at radius 2 is 1.76 bits per heavy atom. The Morgan fingerprint density at radius 3 is 2.44 bits per heavy atom. The van der Waals surface area contributed by atoms with E-state index in [4.69, 9.17) is 10.3 Å². The second-order valence-electron chi connectivity index (χ2n) is 5.60. The molecule has 0 saturated heterocycles. The van der Waals surface area contributed by atoms with E-state index in [1.807, 2.05) is 41.7 Å². The lowest BCUT2D eigenvalue weighted by Gasteiger charge is -2.17. The molecule has 0 aliphatic heterocycles. The molecular weight excluding hydrogens is 346 g/mol. The van der Waals surface area contributed by atoms with Crippen molar-refractivity contribution in [2.45, 2.75) is 19.0 Å². The summed E-state index contributed by atoms with van der Waals surface area (Å²) in [6, 6.07) is 10.9. The maximum atomic E-state index is 12.1. The highest BCUT2D eigenvalue weighted by Gasteiger charge is 2.24. The van der Waals surface area contributed by atoms with E-state index in [0.717, 1.165) is 16.5 Å². The smallest absolute Gasteiger partial charge is 0.266 e. The largest absolute Gasteiger partial charge is 0.373 e. The van der Waals surface area contributed by atoms with E-state index in [2.05, 4.69) is 5.32 Å². The number of benzene rings is 2. The van der Waals surface area contributed by atoms with Crippen molar-refractivity contribution in [1.82, 2.24) is 5.32 Å². The van der Waals surface area contributed by atoms with Gasteiger partial charge in [-0.25, -0.2) is 0 Å². The maximum absolute atomic E-state index is 12.1. The lowest BCUT2D eigenvalue weighted by Crippen LogP contribution is -2.50. The molecule has 0 spiro atoms. The fourth-order valence-electron chi connectivity index (χ4n) is 2.28. The van der Waals surface area contributed by atoms with Crippen LogP contribution in [-0.2, 0) is 19.7 Å². The van der Waals surface area contributed by atoms with Gasteiger partial charge in [0, 0.05) is 11.1 Å². The zero-order valence-corrected chi connectivity index (χ0v) is 14.3. The second kappa shape index (κ2) is 7.60. The van der Waals surface area contributed by atoms with Crippen molar-refractivity contribution in [1.29, 1.82) is 0 Å². The van der Waals surface area contributed by atoms with Crippen molar-refractivity contribution in [3.05, 3.63) is 42.5 Å². The number of rotatable bonds is 6. The molecule has 0 fully saturated rings. The molecule has 0 aliphatic rings. The van der Waals surface area contributed by atoms with Gasteiger partial charge in [0.25, 0.3) is 10.1 Å². The van der Waals surface area contributed by atoms with Crippen molar-refractivity contribution >= 4 is 38.4 Å². The molecule has 0 heterocycles. The van der Waals surface area contributed by atoms with E-state index in [0.29, 0.717) is 0 Å². The van der Waals surface area contributed by atoms with Gasteiger partial charge in [-0.2, -0.15) is 8.42 Å². The van der Waals surface area contributed by atoms with Crippen molar-refractivity contribution in [2.24, 2.45) is 5.73 Å². The van der Waals surface area contributed by atoms with Gasteiger partial charge in [0.05, 0.1) is 5.75 Å². The van der Waals surface area contributed by atoms with Gasteiger partial charge in [0.15, 0.2) is 0 Å². The molecule has 2 amide bonds. The quantitative estimate of drug-likeness (QED) is 0.547. The molecule has 9 heteroatoms.